The molecule has 5 heteroatoms. The van der Waals surface area contributed by atoms with Crippen LogP contribution in [0.25, 0.3) is 0 Å². The first-order chi connectivity index (χ1) is 8.95. The Morgan fingerprint density at radius 1 is 1.37 bits per heavy atom. The average Bonchev–Trinajstić information content (AvgIpc) is 2.34. The highest BCUT2D eigenvalue weighted by Crippen LogP contribution is 2.10. The fraction of sp³-hybridized carbons (Fsp3) is 0.429. The van der Waals surface area contributed by atoms with E-state index in [0.29, 0.717) is 12.0 Å². The summed E-state index contributed by atoms with van der Waals surface area (Å²) < 4.78 is 25.7. The monoisotopic (exact) mass is 266 g/mol. The maximum Gasteiger partial charge on any atom is 0.237 e. The highest BCUT2D eigenvalue weighted by molar-refractivity contribution is 5.81. The second-order valence-electron chi connectivity index (χ2n) is 4.64. The van der Waals surface area contributed by atoms with E-state index in [-0.39, 0.29) is 18.4 Å². The molecule has 0 bridgehead atoms. The Labute approximate surface area is 111 Å². The highest BCUT2D eigenvalue weighted by atomic mass is 19.2. The third kappa shape index (κ3) is 4.32. The Bertz CT molecular complexity index is 495. The summed E-state index contributed by atoms with van der Waals surface area (Å²) in [5.74, 6) is -2.88. The van der Waals surface area contributed by atoms with Crippen molar-refractivity contribution in [1.82, 2.24) is 5.32 Å². The molecule has 3 nitrogen and oxygen atoms in total. The minimum absolute atomic E-state index is 0.0618. The van der Waals surface area contributed by atoms with E-state index < -0.39 is 17.6 Å². The average molecular weight is 266 g/mol. The molecule has 1 unspecified atom stereocenters. The van der Waals surface area contributed by atoms with Crippen molar-refractivity contribution in [2.45, 2.75) is 20.3 Å². The molecule has 0 saturated carbocycles. The van der Waals surface area contributed by atoms with Crippen molar-refractivity contribution in [2.75, 3.05) is 6.54 Å². The Kier molecular flexibility index (Phi) is 5.43. The lowest BCUT2D eigenvalue weighted by atomic mass is 9.96. The van der Waals surface area contributed by atoms with Gasteiger partial charge in [0.2, 0.25) is 5.91 Å². The predicted molar refractivity (Wildman–Crippen MR) is 67.0 cm³/mol. The van der Waals surface area contributed by atoms with Crippen molar-refractivity contribution in [3.8, 4) is 6.07 Å². The second-order valence-corrected chi connectivity index (χ2v) is 4.64. The number of nitrogens with one attached hydrogen (secondary N) is 1. The summed E-state index contributed by atoms with van der Waals surface area (Å²) in [4.78, 5) is 11.7. The number of halogens is 2. The number of hydrogen-bond donors (Lipinski definition) is 1. The Hall–Kier alpha value is -1.96. The SMILES string of the molecule is CC(C)C(C#N)C(=O)NCCc1ccc(F)c(F)c1. The van der Waals surface area contributed by atoms with Crippen LogP contribution in [0, 0.1) is 34.8 Å². The molecule has 0 heterocycles. The van der Waals surface area contributed by atoms with Crippen LogP contribution in [0.3, 0.4) is 0 Å². The van der Waals surface area contributed by atoms with E-state index >= 15 is 0 Å². The van der Waals surface area contributed by atoms with E-state index in [0.717, 1.165) is 12.1 Å². The molecule has 0 aliphatic rings. The third-order valence-corrected chi connectivity index (χ3v) is 2.79. The van der Waals surface area contributed by atoms with Gasteiger partial charge in [0.05, 0.1) is 6.07 Å². The predicted octanol–water partition coefficient (Wildman–Crippen LogP) is 2.42. The molecule has 0 aromatic heterocycles. The number of hydrogen-bond acceptors (Lipinski definition) is 2. The van der Waals surface area contributed by atoms with E-state index in [1.807, 2.05) is 6.07 Å². The van der Waals surface area contributed by atoms with Gasteiger partial charge in [0.15, 0.2) is 11.6 Å². The van der Waals surface area contributed by atoms with Crippen molar-refractivity contribution in [3.05, 3.63) is 35.4 Å². The van der Waals surface area contributed by atoms with Crippen LogP contribution in [-0.2, 0) is 11.2 Å². The lowest BCUT2D eigenvalue weighted by molar-refractivity contribution is -0.124. The van der Waals surface area contributed by atoms with Crippen LogP contribution in [0.1, 0.15) is 19.4 Å². The van der Waals surface area contributed by atoms with Crippen LogP contribution in [0.4, 0.5) is 8.78 Å². The normalized spacial score (nSPS) is 12.0. The van der Waals surface area contributed by atoms with Gasteiger partial charge in [-0.1, -0.05) is 19.9 Å². The minimum atomic E-state index is -0.902. The molecule has 0 aliphatic heterocycles. The van der Waals surface area contributed by atoms with E-state index in [1.54, 1.807) is 13.8 Å². The first-order valence-electron chi connectivity index (χ1n) is 6.07. The zero-order chi connectivity index (χ0) is 14.4. The molecule has 0 radical (unpaired) electrons. The van der Waals surface area contributed by atoms with Crippen LogP contribution >= 0.6 is 0 Å². The highest BCUT2D eigenvalue weighted by Gasteiger charge is 2.20. The summed E-state index contributed by atoms with van der Waals surface area (Å²) in [5, 5.41) is 11.5. The number of rotatable bonds is 5. The molecule has 0 spiro atoms. The van der Waals surface area contributed by atoms with Crippen LogP contribution in [0.15, 0.2) is 18.2 Å². The van der Waals surface area contributed by atoms with Gasteiger partial charge >= 0.3 is 0 Å². The Balaban J connectivity index is 2.48. The Morgan fingerprint density at radius 3 is 2.58 bits per heavy atom. The summed E-state index contributed by atoms with van der Waals surface area (Å²) in [5.41, 5.74) is 0.595. The fourth-order valence-electron chi connectivity index (χ4n) is 1.65. The summed E-state index contributed by atoms with van der Waals surface area (Å²) in [6.07, 6.45) is 0.388. The summed E-state index contributed by atoms with van der Waals surface area (Å²) in [6.45, 7) is 3.88. The smallest absolute Gasteiger partial charge is 0.237 e. The molecule has 1 aromatic carbocycles. The molecule has 19 heavy (non-hydrogen) atoms. The molecular weight excluding hydrogens is 250 g/mol. The molecule has 0 saturated heterocycles. The van der Waals surface area contributed by atoms with Gasteiger partial charge in [-0.15, -0.1) is 0 Å². The number of carbonyl (C=O) groups excluding carboxylic acids is 1. The third-order valence-electron chi connectivity index (χ3n) is 2.79. The van der Waals surface area contributed by atoms with Crippen LogP contribution in [0.5, 0.6) is 0 Å². The molecule has 102 valence electrons. The van der Waals surface area contributed by atoms with Crippen LogP contribution in [-0.4, -0.2) is 12.5 Å². The van der Waals surface area contributed by atoms with E-state index in [9.17, 15) is 13.6 Å². The zero-order valence-corrected chi connectivity index (χ0v) is 10.9. The molecule has 1 atom stereocenters. The molecule has 1 amide bonds. The van der Waals surface area contributed by atoms with Crippen molar-refractivity contribution < 1.29 is 13.6 Å². The number of nitrogens with zero attached hydrogens (tertiary/aromatic N) is 1. The van der Waals surface area contributed by atoms with Gasteiger partial charge in [-0.3, -0.25) is 4.79 Å². The largest absolute Gasteiger partial charge is 0.355 e. The van der Waals surface area contributed by atoms with Gasteiger partial charge in [-0.2, -0.15) is 5.26 Å². The zero-order valence-electron chi connectivity index (χ0n) is 10.9. The molecule has 1 aromatic rings. The molecule has 1 rings (SSSR count). The Morgan fingerprint density at radius 2 is 2.05 bits per heavy atom. The number of nitriles is 1. The quantitative estimate of drug-likeness (QED) is 0.889. The van der Waals surface area contributed by atoms with Gasteiger partial charge in [-0.05, 0) is 30.0 Å². The van der Waals surface area contributed by atoms with Gasteiger partial charge in [0.1, 0.15) is 5.92 Å². The van der Waals surface area contributed by atoms with E-state index in [4.69, 9.17) is 5.26 Å². The van der Waals surface area contributed by atoms with Crippen molar-refractivity contribution in [3.63, 3.8) is 0 Å². The van der Waals surface area contributed by atoms with Crippen molar-refractivity contribution >= 4 is 5.91 Å². The standard InChI is InChI=1S/C14H16F2N2O/c1-9(2)11(8-17)14(19)18-6-5-10-3-4-12(15)13(16)7-10/h3-4,7,9,11H,5-6H2,1-2H3,(H,18,19). The van der Waals surface area contributed by atoms with Gasteiger partial charge in [0, 0.05) is 6.54 Å². The maximum absolute atomic E-state index is 12.9. The molecule has 0 fully saturated rings. The van der Waals surface area contributed by atoms with Gasteiger partial charge in [-0.25, -0.2) is 8.78 Å². The molecule has 0 aliphatic carbocycles. The lowest BCUT2D eigenvalue weighted by Gasteiger charge is -2.13. The fourth-order valence-corrected chi connectivity index (χ4v) is 1.65. The van der Waals surface area contributed by atoms with Crippen LogP contribution < -0.4 is 5.32 Å². The lowest BCUT2D eigenvalue weighted by Crippen LogP contribution is -2.34. The molecule has 1 N–H and O–H groups in total. The maximum atomic E-state index is 12.9. The first kappa shape index (κ1) is 15.1. The summed E-state index contributed by atoms with van der Waals surface area (Å²) in [7, 11) is 0. The van der Waals surface area contributed by atoms with Crippen molar-refractivity contribution in [2.24, 2.45) is 11.8 Å². The number of amides is 1. The first-order valence-corrected chi connectivity index (χ1v) is 6.07. The van der Waals surface area contributed by atoms with E-state index in [1.165, 1.54) is 6.07 Å². The van der Waals surface area contributed by atoms with Crippen LogP contribution in [0.2, 0.25) is 0 Å². The van der Waals surface area contributed by atoms with Gasteiger partial charge in [0.25, 0.3) is 0 Å². The number of benzene rings is 1. The van der Waals surface area contributed by atoms with Crippen molar-refractivity contribution in [1.29, 1.82) is 5.26 Å². The minimum Gasteiger partial charge on any atom is -0.355 e. The second kappa shape index (κ2) is 6.83. The number of carbonyl (C=O) groups is 1. The summed E-state index contributed by atoms with van der Waals surface area (Å²) in [6, 6.07) is 5.57. The van der Waals surface area contributed by atoms with Gasteiger partial charge < -0.3 is 5.32 Å². The summed E-state index contributed by atoms with van der Waals surface area (Å²) >= 11 is 0. The van der Waals surface area contributed by atoms with E-state index in [2.05, 4.69) is 5.32 Å². The topological polar surface area (TPSA) is 52.9 Å². The molecular formula is C14H16F2N2O.